The first-order valence-corrected chi connectivity index (χ1v) is 10.0. The summed E-state index contributed by atoms with van der Waals surface area (Å²) in [5.74, 6) is -1.17. The number of benzene rings is 3. The Hall–Kier alpha value is -3.32. The van der Waals surface area contributed by atoms with Crippen molar-refractivity contribution in [3.05, 3.63) is 81.8 Å². The van der Waals surface area contributed by atoms with Gasteiger partial charge in [0.05, 0.1) is 12.8 Å². The molecule has 0 heterocycles. The van der Waals surface area contributed by atoms with Crippen molar-refractivity contribution in [1.82, 2.24) is 0 Å². The minimum absolute atomic E-state index is 0.0825. The molecule has 0 aromatic heterocycles. The van der Waals surface area contributed by atoms with E-state index >= 15 is 0 Å². The third-order valence-corrected chi connectivity index (χ3v) is 5.78. The van der Waals surface area contributed by atoms with Gasteiger partial charge in [-0.1, -0.05) is 48.5 Å². The summed E-state index contributed by atoms with van der Waals surface area (Å²) >= 11 is 3.28. The minimum Gasteiger partial charge on any atom is -0.496 e. The van der Waals surface area contributed by atoms with Crippen molar-refractivity contribution in [3.63, 3.8) is 0 Å². The molecule has 1 amide bonds. The van der Waals surface area contributed by atoms with Crippen LogP contribution in [0.4, 0.5) is 10.5 Å². The highest BCUT2D eigenvalue weighted by Crippen LogP contribution is 2.44. The van der Waals surface area contributed by atoms with E-state index in [-0.39, 0.29) is 29.5 Å². The molecule has 0 atom stereocenters. The molecule has 2 N–H and O–H groups in total. The van der Waals surface area contributed by atoms with Crippen molar-refractivity contribution < 1.29 is 24.2 Å². The fraction of sp³-hybridized carbons (Fsp3) is 0.130. The maximum atomic E-state index is 12.5. The Balaban J connectivity index is 1.55. The summed E-state index contributed by atoms with van der Waals surface area (Å²) in [6.07, 6.45) is -0.742. The van der Waals surface area contributed by atoms with E-state index in [1.54, 1.807) is 6.07 Å². The van der Waals surface area contributed by atoms with Gasteiger partial charge in [-0.05, 0) is 50.3 Å². The summed E-state index contributed by atoms with van der Waals surface area (Å²) < 4.78 is 11.0. The first-order valence-electron chi connectivity index (χ1n) is 9.23. The Morgan fingerprint density at radius 2 is 1.60 bits per heavy atom. The number of aromatic carboxylic acids is 1. The maximum Gasteiger partial charge on any atom is 0.411 e. The van der Waals surface area contributed by atoms with Crippen molar-refractivity contribution in [2.75, 3.05) is 19.0 Å². The second kappa shape index (κ2) is 8.20. The lowest BCUT2D eigenvalue weighted by atomic mass is 9.98. The number of fused-ring (bicyclic) bond motifs is 3. The Labute approximate surface area is 181 Å². The Kier molecular flexibility index (Phi) is 5.46. The molecule has 6 nitrogen and oxygen atoms in total. The lowest BCUT2D eigenvalue weighted by Crippen LogP contribution is -2.20. The Bertz CT molecular complexity index is 1100. The summed E-state index contributed by atoms with van der Waals surface area (Å²) in [5.41, 5.74) is 4.39. The normalized spacial score (nSPS) is 12.1. The van der Waals surface area contributed by atoms with Crippen LogP contribution in [0.3, 0.4) is 0 Å². The molecule has 0 unspecified atom stereocenters. The van der Waals surface area contributed by atoms with Gasteiger partial charge in [0.1, 0.15) is 17.9 Å². The second-order valence-corrected chi connectivity index (χ2v) is 7.61. The Morgan fingerprint density at radius 1 is 1.00 bits per heavy atom. The van der Waals surface area contributed by atoms with Gasteiger partial charge in [0.25, 0.3) is 0 Å². The van der Waals surface area contributed by atoms with E-state index in [4.69, 9.17) is 9.47 Å². The molecule has 0 saturated heterocycles. The number of halogens is 1. The SMILES string of the molecule is COc1ccc(Br)c(NC(=O)OCC2c3ccccc3-c3ccccc32)c1C(=O)O. The number of nitrogens with one attached hydrogen (secondary N) is 1. The average molecular weight is 468 g/mol. The van der Waals surface area contributed by atoms with E-state index in [2.05, 4.69) is 33.4 Å². The van der Waals surface area contributed by atoms with E-state index in [0.717, 1.165) is 22.3 Å². The number of methoxy groups -OCH3 is 1. The minimum atomic E-state index is -1.22. The topological polar surface area (TPSA) is 84.9 Å². The van der Waals surface area contributed by atoms with Crippen LogP contribution >= 0.6 is 15.9 Å². The lowest BCUT2D eigenvalue weighted by molar-refractivity contribution is 0.0694. The molecule has 152 valence electrons. The van der Waals surface area contributed by atoms with Crippen molar-refractivity contribution in [2.24, 2.45) is 0 Å². The van der Waals surface area contributed by atoms with Crippen LogP contribution in [0.15, 0.2) is 65.1 Å². The molecule has 0 saturated carbocycles. The summed E-state index contributed by atoms with van der Waals surface area (Å²) in [6, 6.07) is 19.2. The third kappa shape index (κ3) is 3.52. The van der Waals surface area contributed by atoms with Gasteiger partial charge in [-0.15, -0.1) is 0 Å². The predicted molar refractivity (Wildman–Crippen MR) is 116 cm³/mol. The molecule has 0 radical (unpaired) electrons. The number of carbonyl (C=O) groups excluding carboxylic acids is 1. The molecule has 0 aliphatic heterocycles. The van der Waals surface area contributed by atoms with E-state index in [1.165, 1.54) is 13.2 Å². The standard InChI is InChI=1S/C23H18BrNO5/c1-29-19-11-10-18(24)21(20(19)22(26)27)25-23(28)30-12-17-15-8-4-2-6-13(15)14-7-3-5-9-16(14)17/h2-11,17H,12H2,1H3,(H,25,28)(H,26,27). The quantitative estimate of drug-likeness (QED) is 0.516. The average Bonchev–Trinajstić information content (AvgIpc) is 3.07. The first-order chi connectivity index (χ1) is 14.5. The van der Waals surface area contributed by atoms with E-state index in [1.807, 2.05) is 36.4 Å². The van der Waals surface area contributed by atoms with Crippen LogP contribution in [0, 0.1) is 0 Å². The fourth-order valence-corrected chi connectivity index (χ4v) is 4.23. The van der Waals surface area contributed by atoms with Crippen LogP contribution in [0.1, 0.15) is 27.4 Å². The number of ether oxygens (including phenoxy) is 2. The highest BCUT2D eigenvalue weighted by Gasteiger charge is 2.29. The van der Waals surface area contributed by atoms with Crippen LogP contribution < -0.4 is 10.1 Å². The molecular weight excluding hydrogens is 450 g/mol. The van der Waals surface area contributed by atoms with Gasteiger partial charge in [-0.3, -0.25) is 5.32 Å². The molecule has 7 heteroatoms. The van der Waals surface area contributed by atoms with Crippen LogP contribution in [0.5, 0.6) is 5.75 Å². The largest absolute Gasteiger partial charge is 0.496 e. The molecule has 3 aromatic carbocycles. The van der Waals surface area contributed by atoms with Gasteiger partial charge < -0.3 is 14.6 Å². The van der Waals surface area contributed by atoms with E-state index < -0.39 is 12.1 Å². The number of carboxylic acid groups (broad SMARTS) is 1. The van der Waals surface area contributed by atoms with Crippen LogP contribution in [-0.2, 0) is 4.74 Å². The van der Waals surface area contributed by atoms with Crippen LogP contribution in [0.25, 0.3) is 11.1 Å². The van der Waals surface area contributed by atoms with Gasteiger partial charge in [-0.25, -0.2) is 9.59 Å². The smallest absolute Gasteiger partial charge is 0.411 e. The molecule has 1 aliphatic rings. The zero-order valence-corrected chi connectivity index (χ0v) is 17.6. The summed E-state index contributed by atoms with van der Waals surface area (Å²) in [7, 11) is 1.37. The van der Waals surface area contributed by atoms with Gasteiger partial charge in [0.15, 0.2) is 0 Å². The Morgan fingerprint density at radius 3 is 2.17 bits per heavy atom. The second-order valence-electron chi connectivity index (χ2n) is 6.76. The van der Waals surface area contributed by atoms with Gasteiger partial charge >= 0.3 is 12.1 Å². The third-order valence-electron chi connectivity index (χ3n) is 5.12. The van der Waals surface area contributed by atoms with Crippen molar-refractivity contribution in [2.45, 2.75) is 5.92 Å². The number of hydrogen-bond acceptors (Lipinski definition) is 4. The molecule has 0 bridgehead atoms. The number of hydrogen-bond donors (Lipinski definition) is 2. The monoisotopic (exact) mass is 467 g/mol. The highest BCUT2D eigenvalue weighted by molar-refractivity contribution is 9.10. The van der Waals surface area contributed by atoms with Crippen LogP contribution in [-0.4, -0.2) is 30.9 Å². The van der Waals surface area contributed by atoms with Gasteiger partial charge in [-0.2, -0.15) is 0 Å². The number of carbonyl (C=O) groups is 2. The van der Waals surface area contributed by atoms with E-state index in [9.17, 15) is 14.7 Å². The number of anilines is 1. The summed E-state index contributed by atoms with van der Waals surface area (Å²) in [6.45, 7) is 0.129. The molecule has 3 aromatic rings. The van der Waals surface area contributed by atoms with Gasteiger partial charge in [0, 0.05) is 10.4 Å². The summed E-state index contributed by atoms with van der Waals surface area (Å²) in [4.78, 5) is 24.2. The molecule has 1 aliphatic carbocycles. The fourth-order valence-electron chi connectivity index (χ4n) is 3.80. The van der Waals surface area contributed by atoms with Crippen molar-refractivity contribution in [1.29, 1.82) is 0 Å². The molecule has 30 heavy (non-hydrogen) atoms. The molecule has 0 fully saturated rings. The zero-order chi connectivity index (χ0) is 21.3. The van der Waals surface area contributed by atoms with Crippen LogP contribution in [0.2, 0.25) is 0 Å². The lowest BCUT2D eigenvalue weighted by Gasteiger charge is -2.16. The first kappa shape index (κ1) is 20.0. The molecular formula is C23H18BrNO5. The maximum absolute atomic E-state index is 12.5. The highest BCUT2D eigenvalue weighted by atomic mass is 79.9. The molecule has 0 spiro atoms. The van der Waals surface area contributed by atoms with Crippen molar-refractivity contribution >= 4 is 33.7 Å². The number of rotatable bonds is 5. The van der Waals surface area contributed by atoms with Gasteiger partial charge in [0.2, 0.25) is 0 Å². The number of carboxylic acids is 1. The molecule has 4 rings (SSSR count). The van der Waals surface area contributed by atoms with E-state index in [0.29, 0.717) is 4.47 Å². The number of amides is 1. The van der Waals surface area contributed by atoms with Crippen molar-refractivity contribution in [3.8, 4) is 16.9 Å². The summed E-state index contributed by atoms with van der Waals surface area (Å²) in [5, 5.41) is 12.1. The predicted octanol–water partition coefficient (Wildman–Crippen LogP) is 5.52. The zero-order valence-electron chi connectivity index (χ0n) is 16.0.